The van der Waals surface area contributed by atoms with E-state index in [-0.39, 0.29) is 17.1 Å². The molecule has 1 unspecified atom stereocenters. The SMILES string of the molecule is C=CC1=C(C)C2=CC3=CC(=CC4=C(C)C(CCC(=C)CC)=C(C=C5N=C(C=C1C2)C(C)=C5CCC(=C)O)C4)[C@@]1(C)C3=CC=C(C(=C)OC)C1C(=C)CC. The van der Waals surface area contributed by atoms with Gasteiger partial charge in [-0.1, -0.05) is 101 Å². The van der Waals surface area contributed by atoms with E-state index >= 15 is 0 Å². The number of methoxy groups -OCH3 is 1. The molecule has 274 valence electrons. The largest absolute Gasteiger partial charge is 0.513 e. The minimum absolute atomic E-state index is 0.00642. The van der Waals surface area contributed by atoms with E-state index < -0.39 is 0 Å². The van der Waals surface area contributed by atoms with Crippen LogP contribution in [-0.2, 0) is 4.74 Å². The van der Waals surface area contributed by atoms with E-state index in [0.29, 0.717) is 18.6 Å². The van der Waals surface area contributed by atoms with Crippen LogP contribution < -0.4 is 0 Å². The molecule has 3 heteroatoms. The van der Waals surface area contributed by atoms with Gasteiger partial charge in [-0.25, -0.2) is 4.99 Å². The van der Waals surface area contributed by atoms with Gasteiger partial charge in [-0.15, -0.1) is 0 Å². The Morgan fingerprint density at radius 1 is 0.868 bits per heavy atom. The maximum Gasteiger partial charge on any atom is 0.115 e. The van der Waals surface area contributed by atoms with Crippen molar-refractivity contribution in [2.45, 2.75) is 92.9 Å². The summed E-state index contributed by atoms with van der Waals surface area (Å²) in [5.74, 6) is 0.894. The lowest BCUT2D eigenvalue weighted by atomic mass is 9.60. The first-order valence-corrected chi connectivity index (χ1v) is 19.3. The van der Waals surface area contributed by atoms with Crippen LogP contribution in [0.2, 0.25) is 0 Å². The third kappa shape index (κ3) is 6.65. The molecule has 0 spiro atoms. The standard InChI is InChI=1S/C50H57NO2/c1-13-29(4)16-18-43-33(8)37-23-39(43)28-48-44(19-17-31(6)52)34(9)47(51-48)27-38-22-36(32(7)42(38)15-3)24-40-26-41(25-37)50(11)46(40)21-20-45(35(10)53-12)49(50)30(5)14-2/h15,20-21,24-28,49,52H,3-6,10,13-14,16-19,22-23H2,1-2,7-9,11-12H3/t49?,50-/m0/s1. The smallest absolute Gasteiger partial charge is 0.115 e. The Hall–Kier alpha value is -4.89. The van der Waals surface area contributed by atoms with Crippen molar-refractivity contribution in [3.63, 3.8) is 0 Å². The summed E-state index contributed by atoms with van der Waals surface area (Å²) in [7, 11) is 1.71. The van der Waals surface area contributed by atoms with E-state index in [1.165, 1.54) is 78.0 Å². The first kappa shape index (κ1) is 37.9. The van der Waals surface area contributed by atoms with E-state index in [9.17, 15) is 5.11 Å². The molecule has 3 nitrogen and oxygen atoms in total. The van der Waals surface area contributed by atoms with Gasteiger partial charge in [-0.3, -0.25) is 0 Å². The molecular formula is C50H57NO2. The number of aliphatic hydroxyl groups excluding tert-OH is 1. The first-order chi connectivity index (χ1) is 25.3. The Labute approximate surface area is 318 Å². The second kappa shape index (κ2) is 14.9. The van der Waals surface area contributed by atoms with Gasteiger partial charge < -0.3 is 9.84 Å². The molecule has 2 atom stereocenters. The highest BCUT2D eigenvalue weighted by atomic mass is 16.5. The highest BCUT2D eigenvalue weighted by molar-refractivity contribution is 6.12. The van der Waals surface area contributed by atoms with Gasteiger partial charge in [-0.05, 0) is 150 Å². The van der Waals surface area contributed by atoms with Gasteiger partial charge in [0.2, 0.25) is 0 Å². The molecule has 1 N–H and O–H groups in total. The molecule has 0 fully saturated rings. The highest BCUT2D eigenvalue weighted by Crippen LogP contribution is 2.60. The zero-order valence-corrected chi connectivity index (χ0v) is 33.2. The summed E-state index contributed by atoms with van der Waals surface area (Å²) in [5, 5.41) is 10.2. The van der Waals surface area contributed by atoms with Crippen LogP contribution in [0.25, 0.3) is 0 Å². The molecule has 0 saturated carbocycles. The number of nitrogens with zero attached hydrogens (tertiary/aromatic N) is 1. The lowest BCUT2D eigenvalue weighted by molar-refractivity contribution is 0.279. The van der Waals surface area contributed by atoms with Crippen LogP contribution in [0.15, 0.2) is 193 Å². The molecule has 0 saturated heterocycles. The van der Waals surface area contributed by atoms with Gasteiger partial charge in [0.15, 0.2) is 0 Å². The Bertz CT molecular complexity index is 2140. The topological polar surface area (TPSA) is 41.8 Å². The predicted molar refractivity (Wildman–Crippen MR) is 225 cm³/mol. The van der Waals surface area contributed by atoms with Crippen molar-refractivity contribution in [1.82, 2.24) is 0 Å². The number of hydrogen-bond acceptors (Lipinski definition) is 3. The van der Waals surface area contributed by atoms with Crippen LogP contribution in [0, 0.1) is 11.3 Å². The quantitative estimate of drug-likeness (QED) is 0.162. The molecule has 0 aromatic heterocycles. The van der Waals surface area contributed by atoms with Crippen molar-refractivity contribution in [1.29, 1.82) is 0 Å². The molecule has 0 amide bonds. The van der Waals surface area contributed by atoms with E-state index in [4.69, 9.17) is 9.73 Å². The van der Waals surface area contributed by atoms with E-state index in [1.807, 2.05) is 6.08 Å². The van der Waals surface area contributed by atoms with E-state index in [0.717, 1.165) is 61.1 Å². The molecule has 6 rings (SSSR count). The molecule has 2 aliphatic heterocycles. The molecule has 0 radical (unpaired) electrons. The van der Waals surface area contributed by atoms with Crippen molar-refractivity contribution >= 4 is 5.71 Å². The number of hydrogen-bond donors (Lipinski definition) is 1. The van der Waals surface area contributed by atoms with Crippen molar-refractivity contribution < 1.29 is 9.84 Å². The second-order valence-corrected chi connectivity index (χ2v) is 15.6. The van der Waals surface area contributed by atoms with Gasteiger partial charge >= 0.3 is 0 Å². The molecular weight excluding hydrogens is 647 g/mol. The molecule has 6 aliphatic rings. The number of allylic oxidation sites excluding steroid dienone is 25. The Kier molecular flexibility index (Phi) is 10.6. The number of rotatable bonds is 12. The Balaban J connectivity index is 1.63. The monoisotopic (exact) mass is 703 g/mol. The average molecular weight is 704 g/mol. The Morgan fingerprint density at radius 2 is 1.60 bits per heavy atom. The number of aliphatic hydroxyl groups is 1. The number of fused-ring (bicyclic) bond motifs is 9. The van der Waals surface area contributed by atoms with Crippen LogP contribution in [0.4, 0.5) is 0 Å². The van der Waals surface area contributed by atoms with Crippen LogP contribution in [0.5, 0.6) is 0 Å². The van der Waals surface area contributed by atoms with Crippen LogP contribution in [0.3, 0.4) is 0 Å². The maximum atomic E-state index is 10.2. The third-order valence-corrected chi connectivity index (χ3v) is 12.6. The summed E-state index contributed by atoms with van der Waals surface area (Å²) in [6.07, 6.45) is 25.0. The molecule has 2 heterocycles. The van der Waals surface area contributed by atoms with Gasteiger partial charge in [0.25, 0.3) is 0 Å². The molecule has 0 aromatic rings. The van der Waals surface area contributed by atoms with E-state index in [1.54, 1.807) is 7.11 Å². The molecule has 8 bridgehead atoms. The number of aliphatic imine (C=N–C) groups is 1. The summed E-state index contributed by atoms with van der Waals surface area (Å²) < 4.78 is 5.81. The Morgan fingerprint density at radius 3 is 2.26 bits per heavy atom. The van der Waals surface area contributed by atoms with Gasteiger partial charge in [0.1, 0.15) is 5.76 Å². The second-order valence-electron chi connectivity index (χ2n) is 15.6. The van der Waals surface area contributed by atoms with Crippen LogP contribution >= 0.6 is 0 Å². The zero-order valence-electron chi connectivity index (χ0n) is 33.2. The van der Waals surface area contributed by atoms with Gasteiger partial charge in [-0.2, -0.15) is 0 Å². The van der Waals surface area contributed by atoms with Crippen molar-refractivity contribution in [3.8, 4) is 0 Å². The lowest BCUT2D eigenvalue weighted by Gasteiger charge is -2.43. The fourth-order valence-electron chi connectivity index (χ4n) is 9.14. The average Bonchev–Trinajstić information content (AvgIpc) is 3.79. The summed E-state index contributed by atoms with van der Waals surface area (Å²) in [4.78, 5) is 5.34. The maximum absolute atomic E-state index is 10.2. The predicted octanol–water partition coefficient (Wildman–Crippen LogP) is 13.5. The minimum atomic E-state index is -0.371. The summed E-state index contributed by atoms with van der Waals surface area (Å²) in [5.41, 5.74) is 21.6. The summed E-state index contributed by atoms with van der Waals surface area (Å²) >= 11 is 0. The molecule has 4 aliphatic carbocycles. The van der Waals surface area contributed by atoms with Gasteiger partial charge in [0.05, 0.1) is 24.3 Å². The van der Waals surface area contributed by atoms with Crippen LogP contribution in [-0.4, -0.2) is 17.9 Å². The summed E-state index contributed by atoms with van der Waals surface area (Å²) in [6, 6.07) is 0. The zero-order chi connectivity index (χ0) is 38.4. The lowest BCUT2D eigenvalue weighted by Crippen LogP contribution is -2.34. The number of ether oxygens (including phenoxy) is 1. The first-order valence-electron chi connectivity index (χ1n) is 19.3. The fourth-order valence-corrected chi connectivity index (χ4v) is 9.14. The normalized spacial score (nSPS) is 23.5. The van der Waals surface area contributed by atoms with Crippen LogP contribution in [0.1, 0.15) is 92.9 Å². The fraction of sp³-hybridized carbons (Fsp3) is 0.340. The van der Waals surface area contributed by atoms with E-state index in [2.05, 4.69) is 117 Å². The minimum Gasteiger partial charge on any atom is -0.513 e. The van der Waals surface area contributed by atoms with Crippen molar-refractivity contribution in [2.75, 3.05) is 7.11 Å². The van der Waals surface area contributed by atoms with Crippen molar-refractivity contribution in [2.24, 2.45) is 16.3 Å². The molecule has 0 aromatic carbocycles. The van der Waals surface area contributed by atoms with Gasteiger partial charge in [0, 0.05) is 23.3 Å². The third-order valence-electron chi connectivity index (χ3n) is 12.6. The summed E-state index contributed by atoms with van der Waals surface area (Å²) in [6.45, 7) is 34.9. The highest BCUT2D eigenvalue weighted by Gasteiger charge is 2.49. The van der Waals surface area contributed by atoms with Crippen molar-refractivity contribution in [3.05, 3.63) is 188 Å². The molecule has 53 heavy (non-hydrogen) atoms.